The van der Waals surface area contributed by atoms with Crippen LogP contribution in [0, 0.1) is 5.92 Å². The van der Waals surface area contributed by atoms with Crippen molar-refractivity contribution in [3.8, 4) is 0 Å². The maximum Gasteiger partial charge on any atom is 0.0761 e. The molecule has 1 heterocycles. The molecule has 0 amide bonds. The van der Waals surface area contributed by atoms with Crippen LogP contribution in [0.4, 0.5) is 0 Å². The summed E-state index contributed by atoms with van der Waals surface area (Å²) in [5.41, 5.74) is 8.47. The molecule has 102 valence electrons. The van der Waals surface area contributed by atoms with E-state index in [-0.39, 0.29) is 6.04 Å². The molecule has 0 radical (unpaired) electrons. The summed E-state index contributed by atoms with van der Waals surface area (Å²) in [6.07, 6.45) is 7.46. The van der Waals surface area contributed by atoms with Crippen molar-refractivity contribution < 1.29 is 5.11 Å². The fourth-order valence-electron chi connectivity index (χ4n) is 3.35. The normalized spacial score (nSPS) is 20.5. The van der Waals surface area contributed by atoms with Gasteiger partial charge in [-0.1, -0.05) is 31.4 Å². The quantitative estimate of drug-likeness (QED) is 0.792. The summed E-state index contributed by atoms with van der Waals surface area (Å²) < 4.78 is 0. The van der Waals surface area contributed by atoms with Crippen LogP contribution >= 0.6 is 0 Å². The zero-order valence-corrected chi connectivity index (χ0v) is 11.2. The Morgan fingerprint density at radius 2 is 1.95 bits per heavy atom. The lowest BCUT2D eigenvalue weighted by atomic mass is 9.81. The van der Waals surface area contributed by atoms with Crippen molar-refractivity contribution in [2.45, 2.75) is 44.2 Å². The molecule has 0 unspecified atom stereocenters. The number of nitrogens with two attached hydrogens (primary N) is 1. The molecular weight excluding hydrogens is 236 g/mol. The van der Waals surface area contributed by atoms with Crippen LogP contribution in [0.2, 0.25) is 0 Å². The summed E-state index contributed by atoms with van der Waals surface area (Å²) >= 11 is 0. The highest BCUT2D eigenvalue weighted by molar-refractivity contribution is 5.83. The first-order valence-electron chi connectivity index (χ1n) is 7.27. The number of nitrogens with one attached hydrogen (secondary N) is 1. The van der Waals surface area contributed by atoms with E-state index in [1.807, 2.05) is 30.5 Å². The van der Waals surface area contributed by atoms with Gasteiger partial charge in [-0.05, 0) is 36.5 Å². The van der Waals surface area contributed by atoms with E-state index >= 15 is 0 Å². The van der Waals surface area contributed by atoms with E-state index in [0.717, 1.165) is 29.3 Å². The first-order chi connectivity index (χ1) is 9.27. The van der Waals surface area contributed by atoms with Crippen LogP contribution in [-0.4, -0.2) is 16.2 Å². The summed E-state index contributed by atoms with van der Waals surface area (Å²) in [6.45, 7) is 0. The molecule has 4 N–H and O–H groups in total. The van der Waals surface area contributed by atoms with Crippen molar-refractivity contribution in [1.29, 1.82) is 0 Å². The van der Waals surface area contributed by atoms with Gasteiger partial charge in [-0.25, -0.2) is 0 Å². The first-order valence-corrected chi connectivity index (χ1v) is 7.27. The number of aliphatic hydroxyl groups excluding tert-OH is 1. The Morgan fingerprint density at radius 3 is 2.74 bits per heavy atom. The van der Waals surface area contributed by atoms with Crippen molar-refractivity contribution >= 4 is 10.9 Å². The van der Waals surface area contributed by atoms with Crippen molar-refractivity contribution in [3.05, 3.63) is 36.0 Å². The van der Waals surface area contributed by atoms with Gasteiger partial charge in [-0.3, -0.25) is 0 Å². The van der Waals surface area contributed by atoms with Gasteiger partial charge in [0.25, 0.3) is 0 Å². The third kappa shape index (κ3) is 2.40. The largest absolute Gasteiger partial charge is 0.391 e. The number of fused-ring (bicyclic) bond motifs is 1. The molecule has 1 saturated carbocycles. The smallest absolute Gasteiger partial charge is 0.0761 e. The lowest BCUT2D eigenvalue weighted by molar-refractivity contribution is 0.0622. The van der Waals surface area contributed by atoms with Crippen LogP contribution in [-0.2, 0) is 0 Å². The Labute approximate surface area is 113 Å². The van der Waals surface area contributed by atoms with Gasteiger partial charge in [0.1, 0.15) is 0 Å². The van der Waals surface area contributed by atoms with E-state index in [2.05, 4.69) is 4.98 Å². The summed E-state index contributed by atoms with van der Waals surface area (Å²) in [5, 5.41) is 11.7. The predicted molar refractivity (Wildman–Crippen MR) is 77.8 cm³/mol. The summed E-state index contributed by atoms with van der Waals surface area (Å²) in [7, 11) is 0. The highest BCUT2D eigenvalue weighted by Crippen LogP contribution is 2.33. The highest BCUT2D eigenvalue weighted by atomic mass is 16.3. The number of rotatable bonds is 3. The number of aliphatic hydroxyl groups is 1. The second kappa shape index (κ2) is 5.35. The molecule has 1 aliphatic carbocycles. The highest BCUT2D eigenvalue weighted by Gasteiger charge is 2.28. The maximum absolute atomic E-state index is 10.6. The fraction of sp³-hybridized carbons (Fsp3) is 0.500. The number of H-pyrrole nitrogens is 1. The number of aromatic nitrogens is 1. The van der Waals surface area contributed by atoms with Crippen LogP contribution in [0.1, 0.15) is 43.7 Å². The van der Waals surface area contributed by atoms with Gasteiger partial charge in [0.05, 0.1) is 12.1 Å². The van der Waals surface area contributed by atoms with Gasteiger partial charge >= 0.3 is 0 Å². The van der Waals surface area contributed by atoms with Crippen LogP contribution < -0.4 is 5.73 Å². The van der Waals surface area contributed by atoms with E-state index in [9.17, 15) is 5.11 Å². The third-order valence-electron chi connectivity index (χ3n) is 4.49. The first kappa shape index (κ1) is 12.7. The minimum absolute atomic E-state index is 0.289. The second-order valence-corrected chi connectivity index (χ2v) is 5.70. The third-order valence-corrected chi connectivity index (χ3v) is 4.49. The van der Waals surface area contributed by atoms with E-state index in [1.54, 1.807) is 0 Å². The van der Waals surface area contributed by atoms with E-state index < -0.39 is 6.10 Å². The summed E-state index contributed by atoms with van der Waals surface area (Å²) in [4.78, 5) is 3.20. The molecule has 1 aliphatic rings. The van der Waals surface area contributed by atoms with Gasteiger partial charge in [-0.15, -0.1) is 0 Å². The second-order valence-electron chi connectivity index (χ2n) is 5.70. The number of hydrogen-bond donors (Lipinski definition) is 3. The summed E-state index contributed by atoms with van der Waals surface area (Å²) in [5.74, 6) is 0.359. The molecule has 0 bridgehead atoms. The minimum Gasteiger partial charge on any atom is -0.391 e. The fourth-order valence-corrected chi connectivity index (χ4v) is 3.35. The molecule has 2 aromatic rings. The molecule has 0 saturated heterocycles. The van der Waals surface area contributed by atoms with Crippen molar-refractivity contribution in [3.63, 3.8) is 0 Å². The van der Waals surface area contributed by atoms with Crippen LogP contribution in [0.15, 0.2) is 30.5 Å². The average molecular weight is 258 g/mol. The molecule has 19 heavy (non-hydrogen) atoms. The Morgan fingerprint density at radius 1 is 1.16 bits per heavy atom. The molecule has 1 aromatic carbocycles. The molecule has 3 nitrogen and oxygen atoms in total. The number of benzene rings is 1. The van der Waals surface area contributed by atoms with E-state index in [1.165, 1.54) is 19.3 Å². The molecule has 1 fully saturated rings. The Hall–Kier alpha value is -1.32. The lowest BCUT2D eigenvalue weighted by Gasteiger charge is -2.30. The Kier molecular flexibility index (Phi) is 3.58. The Balaban J connectivity index is 1.86. The zero-order chi connectivity index (χ0) is 13.2. The van der Waals surface area contributed by atoms with Gasteiger partial charge < -0.3 is 15.8 Å². The van der Waals surface area contributed by atoms with E-state index in [4.69, 9.17) is 5.73 Å². The standard InChI is InChI=1S/C16H22N2O/c17-15(16(19)11-5-2-1-3-6-11)13-7-4-8-14-12(13)9-10-18-14/h4,7-11,15-16,18-19H,1-3,5-6,17H2/t15-,16+/m0/s1. The zero-order valence-electron chi connectivity index (χ0n) is 11.2. The van der Waals surface area contributed by atoms with Gasteiger partial charge in [-0.2, -0.15) is 0 Å². The van der Waals surface area contributed by atoms with Gasteiger partial charge in [0.15, 0.2) is 0 Å². The van der Waals surface area contributed by atoms with Gasteiger partial charge in [0.2, 0.25) is 0 Å². The lowest BCUT2D eigenvalue weighted by Crippen LogP contribution is -2.34. The molecule has 0 spiro atoms. The predicted octanol–water partition coefficient (Wildman–Crippen LogP) is 3.11. The number of hydrogen-bond acceptors (Lipinski definition) is 2. The van der Waals surface area contributed by atoms with Crippen LogP contribution in [0.3, 0.4) is 0 Å². The van der Waals surface area contributed by atoms with Crippen molar-refractivity contribution in [1.82, 2.24) is 4.98 Å². The molecule has 3 heteroatoms. The molecule has 0 aliphatic heterocycles. The maximum atomic E-state index is 10.6. The molecular formula is C16H22N2O. The Bertz CT molecular complexity index is 542. The van der Waals surface area contributed by atoms with E-state index in [0.29, 0.717) is 5.92 Å². The number of aromatic amines is 1. The average Bonchev–Trinajstić information content (AvgIpc) is 2.95. The molecule has 1 aromatic heterocycles. The van der Waals surface area contributed by atoms with Crippen LogP contribution in [0.5, 0.6) is 0 Å². The SMILES string of the molecule is N[C@@H](c1cccc2[nH]ccc12)[C@H](O)C1CCCCC1. The summed E-state index contributed by atoms with van der Waals surface area (Å²) in [6, 6.07) is 7.83. The van der Waals surface area contributed by atoms with Crippen LogP contribution in [0.25, 0.3) is 10.9 Å². The van der Waals surface area contributed by atoms with Crippen molar-refractivity contribution in [2.24, 2.45) is 11.7 Å². The molecule has 2 atom stereocenters. The monoisotopic (exact) mass is 258 g/mol. The van der Waals surface area contributed by atoms with Gasteiger partial charge in [0, 0.05) is 17.1 Å². The topological polar surface area (TPSA) is 62.0 Å². The molecule has 3 rings (SSSR count). The minimum atomic E-state index is -0.430. The van der Waals surface area contributed by atoms with Crippen molar-refractivity contribution in [2.75, 3.05) is 0 Å².